The molecule has 0 radical (unpaired) electrons. The summed E-state index contributed by atoms with van der Waals surface area (Å²) in [6.45, 7) is 0.205. The molecule has 5 rings (SSSR count). The van der Waals surface area contributed by atoms with E-state index in [0.717, 1.165) is 16.6 Å². The van der Waals surface area contributed by atoms with Gasteiger partial charge in [-0.15, -0.1) is 9.20 Å². The van der Waals surface area contributed by atoms with Crippen LogP contribution in [0.1, 0.15) is 0 Å². The maximum atomic E-state index is 10.6. The lowest BCUT2D eigenvalue weighted by molar-refractivity contribution is -0.750. The Labute approximate surface area is 193 Å². The summed E-state index contributed by atoms with van der Waals surface area (Å²) < 4.78 is 9.41. The summed E-state index contributed by atoms with van der Waals surface area (Å²) in [5.74, 6) is 5.42. The van der Waals surface area contributed by atoms with Crippen molar-refractivity contribution in [1.29, 1.82) is 0 Å². The minimum atomic E-state index is -1.17. The summed E-state index contributed by atoms with van der Waals surface area (Å²) in [7, 11) is 0. The molecule has 0 amide bonds. The molecule has 166 valence electrons. The number of carboxylic acids is 1. The van der Waals surface area contributed by atoms with Gasteiger partial charge in [-0.3, -0.25) is 0 Å². The van der Waals surface area contributed by atoms with Gasteiger partial charge >= 0.3 is 12.3 Å². The Morgan fingerprint density at radius 1 is 1.09 bits per heavy atom. The number of anilines is 3. The SMILES string of the molecule is Nc1ccc2ncnc(Nc3ccc(Oc4ccn5c(c4)nc[n+]5CC#CC(=O)O)cc3)c2c1. The quantitative estimate of drug-likeness (QED) is 0.211. The van der Waals surface area contributed by atoms with Crippen LogP contribution in [0.2, 0.25) is 0 Å². The molecule has 5 aromatic rings. The molecule has 0 bridgehead atoms. The molecule has 3 aromatic heterocycles. The van der Waals surface area contributed by atoms with E-state index in [4.69, 9.17) is 15.6 Å². The molecule has 10 nitrogen and oxygen atoms in total. The number of carboxylic acid groups (broad SMARTS) is 1. The van der Waals surface area contributed by atoms with E-state index >= 15 is 0 Å². The highest BCUT2D eigenvalue weighted by Crippen LogP contribution is 2.27. The molecule has 0 aliphatic heterocycles. The summed E-state index contributed by atoms with van der Waals surface area (Å²) >= 11 is 0. The van der Waals surface area contributed by atoms with Gasteiger partial charge in [-0.1, -0.05) is 0 Å². The molecule has 0 fully saturated rings. The fourth-order valence-electron chi connectivity index (χ4n) is 3.39. The average Bonchev–Trinajstić information content (AvgIpc) is 3.23. The Hall–Kier alpha value is -5.17. The number of rotatable bonds is 5. The van der Waals surface area contributed by atoms with E-state index < -0.39 is 5.97 Å². The van der Waals surface area contributed by atoms with Gasteiger partial charge in [0, 0.05) is 28.7 Å². The largest absolute Gasteiger partial charge is 0.472 e. The number of carbonyl (C=O) groups is 1. The van der Waals surface area contributed by atoms with Gasteiger partial charge in [0.25, 0.3) is 5.65 Å². The van der Waals surface area contributed by atoms with Gasteiger partial charge < -0.3 is 20.9 Å². The van der Waals surface area contributed by atoms with Crippen LogP contribution in [0.5, 0.6) is 11.5 Å². The van der Waals surface area contributed by atoms with E-state index in [1.165, 1.54) is 6.33 Å². The number of aromatic nitrogens is 5. The molecule has 0 spiro atoms. The average molecular weight is 452 g/mol. The van der Waals surface area contributed by atoms with Crippen molar-refractivity contribution < 1.29 is 19.3 Å². The van der Waals surface area contributed by atoms with Crippen LogP contribution in [0.4, 0.5) is 17.2 Å². The molecule has 0 unspecified atom stereocenters. The van der Waals surface area contributed by atoms with Crippen molar-refractivity contribution in [3.8, 4) is 23.3 Å². The first-order valence-electron chi connectivity index (χ1n) is 10.2. The Bertz CT molecular complexity index is 1580. The fraction of sp³-hybridized carbons (Fsp3) is 0.0417. The summed E-state index contributed by atoms with van der Waals surface area (Å²) in [5.41, 5.74) is 8.83. The molecule has 0 aliphatic rings. The van der Waals surface area contributed by atoms with Crippen LogP contribution in [-0.2, 0) is 11.3 Å². The predicted molar refractivity (Wildman–Crippen MR) is 125 cm³/mol. The van der Waals surface area contributed by atoms with Gasteiger partial charge in [0.1, 0.15) is 23.6 Å². The number of hydrogen-bond donors (Lipinski definition) is 3. The third-order valence-electron chi connectivity index (χ3n) is 4.93. The van der Waals surface area contributed by atoms with Gasteiger partial charge in [0.05, 0.1) is 17.8 Å². The number of nitrogen functional groups attached to an aromatic ring is 1. The second-order valence-electron chi connectivity index (χ2n) is 7.26. The monoisotopic (exact) mass is 452 g/mol. The van der Waals surface area contributed by atoms with Crippen LogP contribution in [0.15, 0.2) is 73.4 Å². The van der Waals surface area contributed by atoms with Crippen LogP contribution in [0.25, 0.3) is 16.6 Å². The molecule has 34 heavy (non-hydrogen) atoms. The highest BCUT2D eigenvalue weighted by molar-refractivity contribution is 5.92. The number of pyridine rings is 1. The minimum Gasteiger partial charge on any atom is -0.472 e. The van der Waals surface area contributed by atoms with Crippen LogP contribution in [0, 0.1) is 11.8 Å². The molecule has 3 heterocycles. The predicted octanol–water partition coefficient (Wildman–Crippen LogP) is 2.77. The molecule has 4 N–H and O–H groups in total. The highest BCUT2D eigenvalue weighted by atomic mass is 16.5. The Kier molecular flexibility index (Phi) is 5.34. The number of fused-ring (bicyclic) bond motifs is 2. The number of benzene rings is 2. The molecular formula is C24H18N7O3+. The van der Waals surface area contributed by atoms with Crippen molar-refractivity contribution in [3.05, 3.63) is 73.4 Å². The zero-order valence-electron chi connectivity index (χ0n) is 17.7. The van der Waals surface area contributed by atoms with Crippen LogP contribution in [0.3, 0.4) is 0 Å². The van der Waals surface area contributed by atoms with Gasteiger partial charge in [-0.05, 0) is 53.4 Å². The van der Waals surface area contributed by atoms with Crippen molar-refractivity contribution in [1.82, 2.24) is 19.5 Å². The zero-order chi connectivity index (χ0) is 23.5. The first-order valence-corrected chi connectivity index (χ1v) is 10.2. The lowest BCUT2D eigenvalue weighted by Crippen LogP contribution is -2.38. The van der Waals surface area contributed by atoms with Crippen LogP contribution < -0.4 is 20.5 Å². The zero-order valence-corrected chi connectivity index (χ0v) is 17.7. The lowest BCUT2D eigenvalue weighted by Gasteiger charge is -2.10. The smallest absolute Gasteiger partial charge is 0.382 e. The van der Waals surface area contributed by atoms with Gasteiger partial charge in [-0.2, -0.15) is 0 Å². The number of hydrogen-bond acceptors (Lipinski definition) is 7. The molecule has 2 aromatic carbocycles. The molecule has 0 saturated heterocycles. The maximum absolute atomic E-state index is 10.6. The standard InChI is InChI=1S/C24H17N7O3/c25-16-3-8-21-20(12-16)24(27-14-26-21)29-17-4-6-18(7-5-17)34-19-9-11-31-22(13-19)28-15-30(31)10-1-2-23(32)33/h3-9,11-15H,10,25H2,(H-,26,27,29,32,33)/p+1. The summed E-state index contributed by atoms with van der Waals surface area (Å²) in [4.78, 5) is 23.5. The van der Waals surface area contributed by atoms with Gasteiger partial charge in [-0.25, -0.2) is 14.8 Å². The molecule has 0 atom stereocenters. The van der Waals surface area contributed by atoms with Crippen molar-refractivity contribution in [2.75, 3.05) is 11.1 Å². The van der Waals surface area contributed by atoms with Crippen molar-refractivity contribution in [3.63, 3.8) is 0 Å². The second kappa shape index (κ2) is 8.76. The second-order valence-corrected chi connectivity index (χ2v) is 7.26. The number of aliphatic carboxylic acids is 1. The Balaban J connectivity index is 1.30. The topological polar surface area (TPSA) is 132 Å². The molecular weight excluding hydrogens is 434 g/mol. The molecule has 0 saturated carbocycles. The maximum Gasteiger partial charge on any atom is 0.382 e. The number of nitrogens with zero attached hydrogens (tertiary/aromatic N) is 5. The molecule has 0 aliphatic carbocycles. The minimum absolute atomic E-state index is 0.205. The summed E-state index contributed by atoms with van der Waals surface area (Å²) in [5, 5.41) is 12.8. The van der Waals surface area contributed by atoms with Crippen LogP contribution >= 0.6 is 0 Å². The van der Waals surface area contributed by atoms with E-state index in [1.54, 1.807) is 39.9 Å². The van der Waals surface area contributed by atoms with Crippen molar-refractivity contribution in [2.45, 2.75) is 6.54 Å². The Morgan fingerprint density at radius 2 is 1.94 bits per heavy atom. The van der Waals surface area contributed by atoms with Crippen molar-refractivity contribution in [2.24, 2.45) is 0 Å². The lowest BCUT2D eigenvalue weighted by atomic mass is 10.2. The molecule has 10 heteroatoms. The van der Waals surface area contributed by atoms with E-state index in [2.05, 4.69) is 32.1 Å². The number of ether oxygens (including phenoxy) is 1. The number of nitrogens with one attached hydrogen (secondary N) is 1. The highest BCUT2D eigenvalue weighted by Gasteiger charge is 2.11. The van der Waals surface area contributed by atoms with Crippen LogP contribution in [-0.4, -0.2) is 30.5 Å². The van der Waals surface area contributed by atoms with E-state index in [0.29, 0.717) is 28.7 Å². The van der Waals surface area contributed by atoms with E-state index in [-0.39, 0.29) is 6.54 Å². The third kappa shape index (κ3) is 4.39. The van der Waals surface area contributed by atoms with Crippen molar-refractivity contribution >= 4 is 39.7 Å². The van der Waals surface area contributed by atoms with Gasteiger partial charge in [0.2, 0.25) is 0 Å². The third-order valence-corrected chi connectivity index (χ3v) is 4.93. The summed E-state index contributed by atoms with van der Waals surface area (Å²) in [6.07, 6.45) is 4.87. The summed E-state index contributed by atoms with van der Waals surface area (Å²) in [6, 6.07) is 16.5. The van der Waals surface area contributed by atoms with E-state index in [1.807, 2.05) is 36.4 Å². The van der Waals surface area contributed by atoms with E-state index in [9.17, 15) is 4.79 Å². The first kappa shape index (κ1) is 20.7. The van der Waals surface area contributed by atoms with Gasteiger partial charge in [0.15, 0.2) is 6.54 Å². The fourth-order valence-corrected chi connectivity index (χ4v) is 3.39. The first-order chi connectivity index (χ1) is 16.5. The number of nitrogens with two attached hydrogens (primary N) is 1. The Morgan fingerprint density at radius 3 is 2.76 bits per heavy atom. The normalized spacial score (nSPS) is 10.6.